The van der Waals surface area contributed by atoms with Crippen LogP contribution in [0, 0.1) is 0 Å². The maximum Gasteiger partial charge on any atom is 0.411 e. The molecule has 6 heteroatoms. The van der Waals surface area contributed by atoms with Gasteiger partial charge in [0.25, 0.3) is 0 Å². The highest BCUT2D eigenvalue weighted by Gasteiger charge is 2.37. The Labute approximate surface area is 112 Å². The number of hydrogen-bond acceptors (Lipinski definition) is 5. The first-order chi connectivity index (χ1) is 8.35. The van der Waals surface area contributed by atoms with Crippen molar-refractivity contribution in [2.24, 2.45) is 0 Å². The summed E-state index contributed by atoms with van der Waals surface area (Å²) in [6.07, 6.45) is 1.00. The van der Waals surface area contributed by atoms with Crippen LogP contribution in [0.5, 0.6) is 0 Å². The Morgan fingerprint density at radius 1 is 1.39 bits per heavy atom. The first-order valence-electron chi connectivity index (χ1n) is 6.18. The molecule has 1 rings (SSSR count). The molecule has 0 bridgehead atoms. The van der Waals surface area contributed by atoms with Crippen LogP contribution < -0.4 is 0 Å². The molecule has 104 valence electrons. The lowest BCUT2D eigenvalue weighted by Gasteiger charge is -2.27. The fourth-order valence-corrected chi connectivity index (χ4v) is 2.07. The summed E-state index contributed by atoms with van der Waals surface area (Å²) in [4.78, 5) is 25.2. The second-order valence-electron chi connectivity index (χ2n) is 5.14. The lowest BCUT2D eigenvalue weighted by molar-refractivity contribution is -0.137. The standard InChI is InChI=1S/C12H21NO4S/c1-5-18-17-10(14)9-7-6-8-13(9)11(15)16-12(2,3)4/h9H,5-8H2,1-4H3/t9-/m1/s1. The van der Waals surface area contributed by atoms with Crippen LogP contribution in [0.2, 0.25) is 0 Å². The van der Waals surface area contributed by atoms with Gasteiger partial charge >= 0.3 is 12.1 Å². The van der Waals surface area contributed by atoms with Gasteiger partial charge in [-0.1, -0.05) is 6.92 Å². The van der Waals surface area contributed by atoms with Crippen molar-refractivity contribution in [3.05, 3.63) is 0 Å². The molecule has 0 saturated carbocycles. The second-order valence-corrected chi connectivity index (χ2v) is 6.12. The van der Waals surface area contributed by atoms with Gasteiger partial charge in [-0.2, -0.15) is 0 Å². The zero-order chi connectivity index (χ0) is 13.8. The molecule has 0 N–H and O–H groups in total. The van der Waals surface area contributed by atoms with E-state index in [1.807, 2.05) is 6.92 Å². The van der Waals surface area contributed by atoms with Gasteiger partial charge in [0, 0.05) is 12.3 Å². The average molecular weight is 275 g/mol. The maximum atomic E-state index is 11.9. The number of amides is 1. The third-order valence-corrected chi connectivity index (χ3v) is 2.93. The van der Waals surface area contributed by atoms with E-state index in [-0.39, 0.29) is 5.97 Å². The molecule has 0 radical (unpaired) electrons. The van der Waals surface area contributed by atoms with E-state index >= 15 is 0 Å². The zero-order valence-electron chi connectivity index (χ0n) is 11.4. The monoisotopic (exact) mass is 275 g/mol. The molecule has 0 aromatic heterocycles. The Kier molecular flexibility index (Phi) is 5.31. The van der Waals surface area contributed by atoms with Gasteiger partial charge < -0.3 is 8.92 Å². The van der Waals surface area contributed by atoms with E-state index in [2.05, 4.69) is 0 Å². The summed E-state index contributed by atoms with van der Waals surface area (Å²) in [6.45, 7) is 7.87. The highest BCUT2D eigenvalue weighted by Crippen LogP contribution is 2.23. The SMILES string of the molecule is CCSOC(=O)[C@H]1CCCN1C(=O)OC(C)(C)C. The van der Waals surface area contributed by atoms with Gasteiger partial charge in [0.2, 0.25) is 0 Å². The summed E-state index contributed by atoms with van der Waals surface area (Å²) in [6, 6.07) is -0.501. The van der Waals surface area contributed by atoms with Crippen LogP contribution in [0.3, 0.4) is 0 Å². The zero-order valence-corrected chi connectivity index (χ0v) is 12.2. The minimum atomic E-state index is -0.549. The second kappa shape index (κ2) is 6.31. The molecule has 0 aromatic rings. The van der Waals surface area contributed by atoms with Crippen molar-refractivity contribution in [1.29, 1.82) is 0 Å². The quantitative estimate of drug-likeness (QED) is 0.741. The van der Waals surface area contributed by atoms with Crippen LogP contribution in [0.1, 0.15) is 40.5 Å². The van der Waals surface area contributed by atoms with Gasteiger partial charge in [0.05, 0.1) is 12.0 Å². The third-order valence-electron chi connectivity index (χ3n) is 2.41. The van der Waals surface area contributed by atoms with E-state index in [1.54, 1.807) is 20.8 Å². The number of likely N-dealkylation sites (tertiary alicyclic amines) is 1. The Bertz CT molecular complexity index is 314. The van der Waals surface area contributed by atoms with E-state index in [0.29, 0.717) is 18.7 Å². The first-order valence-corrected chi connectivity index (χ1v) is 7.09. The van der Waals surface area contributed by atoms with E-state index in [0.717, 1.165) is 18.5 Å². The van der Waals surface area contributed by atoms with Crippen molar-refractivity contribution in [3.63, 3.8) is 0 Å². The predicted molar refractivity (Wildman–Crippen MR) is 70.2 cm³/mol. The minimum absolute atomic E-state index is 0.356. The highest BCUT2D eigenvalue weighted by atomic mass is 32.2. The predicted octanol–water partition coefficient (Wildman–Crippen LogP) is 2.60. The molecule has 1 saturated heterocycles. The number of nitrogens with zero attached hydrogens (tertiary/aromatic N) is 1. The summed E-state index contributed by atoms with van der Waals surface area (Å²) < 4.78 is 10.3. The molecule has 5 nitrogen and oxygen atoms in total. The largest absolute Gasteiger partial charge is 0.444 e. The van der Waals surface area contributed by atoms with Gasteiger partial charge in [-0.25, -0.2) is 9.59 Å². The minimum Gasteiger partial charge on any atom is -0.444 e. The molecular weight excluding hydrogens is 254 g/mol. The van der Waals surface area contributed by atoms with Gasteiger partial charge in [0.15, 0.2) is 0 Å². The molecule has 1 aliphatic heterocycles. The lowest BCUT2D eigenvalue weighted by atomic mass is 10.2. The van der Waals surface area contributed by atoms with E-state index in [9.17, 15) is 9.59 Å². The fraction of sp³-hybridized carbons (Fsp3) is 0.833. The molecule has 1 atom stereocenters. The van der Waals surface area contributed by atoms with Crippen LogP contribution in [-0.4, -0.2) is 40.9 Å². The van der Waals surface area contributed by atoms with Crippen LogP contribution in [-0.2, 0) is 13.7 Å². The van der Waals surface area contributed by atoms with Crippen LogP contribution >= 0.6 is 12.0 Å². The van der Waals surface area contributed by atoms with Crippen LogP contribution in [0.15, 0.2) is 0 Å². The molecule has 1 amide bonds. The highest BCUT2D eigenvalue weighted by molar-refractivity contribution is 7.95. The molecule has 18 heavy (non-hydrogen) atoms. The fourth-order valence-electron chi connectivity index (χ4n) is 1.72. The van der Waals surface area contributed by atoms with Gasteiger partial charge in [0.1, 0.15) is 11.6 Å². The molecule has 0 aliphatic carbocycles. The van der Waals surface area contributed by atoms with Gasteiger partial charge in [-0.05, 0) is 33.6 Å². The summed E-state index contributed by atoms with van der Waals surface area (Å²) in [5.74, 6) is 0.343. The van der Waals surface area contributed by atoms with E-state index in [4.69, 9.17) is 8.92 Å². The van der Waals surface area contributed by atoms with Gasteiger partial charge in [-0.3, -0.25) is 4.90 Å². The molecule has 0 spiro atoms. The smallest absolute Gasteiger partial charge is 0.411 e. The molecule has 1 heterocycles. The number of carbonyl (C=O) groups excluding carboxylic acids is 2. The van der Waals surface area contributed by atoms with Crippen LogP contribution in [0.4, 0.5) is 4.79 Å². The molecule has 1 aliphatic rings. The topological polar surface area (TPSA) is 55.8 Å². The lowest BCUT2D eigenvalue weighted by Crippen LogP contribution is -2.43. The molecular formula is C12H21NO4S. The molecule has 0 aromatic carbocycles. The number of carbonyl (C=O) groups is 2. The Balaban J connectivity index is 2.59. The average Bonchev–Trinajstić information content (AvgIpc) is 2.72. The number of rotatable bonds is 3. The van der Waals surface area contributed by atoms with Crippen molar-refractivity contribution >= 4 is 24.1 Å². The van der Waals surface area contributed by atoms with E-state index in [1.165, 1.54) is 4.90 Å². The Morgan fingerprint density at radius 2 is 2.06 bits per heavy atom. The number of ether oxygens (including phenoxy) is 1. The summed E-state index contributed by atoms with van der Waals surface area (Å²) in [5.41, 5.74) is -0.549. The Hall–Kier alpha value is -0.910. The third kappa shape index (κ3) is 4.40. The normalized spacial score (nSPS) is 19.8. The van der Waals surface area contributed by atoms with Crippen molar-refractivity contribution in [2.45, 2.75) is 52.2 Å². The van der Waals surface area contributed by atoms with Crippen molar-refractivity contribution in [2.75, 3.05) is 12.3 Å². The molecule has 0 unspecified atom stereocenters. The summed E-state index contributed by atoms with van der Waals surface area (Å²) in [7, 11) is 0. The summed E-state index contributed by atoms with van der Waals surface area (Å²) in [5, 5.41) is 0. The molecule has 1 fully saturated rings. The van der Waals surface area contributed by atoms with Crippen molar-refractivity contribution in [1.82, 2.24) is 4.90 Å². The first kappa shape index (κ1) is 15.1. The Morgan fingerprint density at radius 3 is 2.61 bits per heavy atom. The number of hydrogen-bond donors (Lipinski definition) is 0. The van der Waals surface area contributed by atoms with Crippen molar-refractivity contribution < 1.29 is 18.5 Å². The van der Waals surface area contributed by atoms with Crippen molar-refractivity contribution in [3.8, 4) is 0 Å². The maximum absolute atomic E-state index is 11.9. The van der Waals surface area contributed by atoms with Gasteiger partial charge in [-0.15, -0.1) is 0 Å². The van der Waals surface area contributed by atoms with E-state index < -0.39 is 17.7 Å². The van der Waals surface area contributed by atoms with Crippen LogP contribution in [0.25, 0.3) is 0 Å². The summed E-state index contributed by atoms with van der Waals surface area (Å²) >= 11 is 1.10.